The van der Waals surface area contributed by atoms with Crippen LogP contribution in [0.5, 0.6) is 0 Å². The first-order chi connectivity index (χ1) is 7.79. The maximum Gasteiger partial charge on any atom is 0.372 e. The van der Waals surface area contributed by atoms with Gasteiger partial charge >= 0.3 is 23.9 Å². The number of carboxylic acid groups (broad SMARTS) is 3. The van der Waals surface area contributed by atoms with Crippen molar-refractivity contribution in [2.75, 3.05) is 0 Å². The van der Waals surface area contributed by atoms with Gasteiger partial charge in [0.05, 0.1) is 6.42 Å². The molecule has 9 heteroatoms. The highest BCUT2D eigenvalue weighted by atomic mass is 16.6. The van der Waals surface area contributed by atoms with Gasteiger partial charge in [0.15, 0.2) is 0 Å². The zero-order chi connectivity index (χ0) is 13.6. The second-order valence-electron chi connectivity index (χ2n) is 2.86. The number of carboxylic acids is 3. The van der Waals surface area contributed by atoms with Crippen LogP contribution in [-0.2, 0) is 28.7 Å². The third-order valence-electron chi connectivity index (χ3n) is 1.66. The lowest BCUT2D eigenvalue weighted by Gasteiger charge is -2.17. The summed E-state index contributed by atoms with van der Waals surface area (Å²) in [5.74, 6) is -8.76. The monoisotopic (exact) mass is 248 g/mol. The van der Waals surface area contributed by atoms with Crippen LogP contribution in [0.2, 0.25) is 0 Å². The Bertz CT molecular complexity index is 358. The molecule has 9 nitrogen and oxygen atoms in total. The molecule has 2 atom stereocenters. The van der Waals surface area contributed by atoms with E-state index in [0.717, 1.165) is 0 Å². The van der Waals surface area contributed by atoms with Gasteiger partial charge in [-0.1, -0.05) is 0 Å². The molecule has 3 N–H and O–H groups in total. The molecule has 0 bridgehead atoms. The van der Waals surface area contributed by atoms with Crippen molar-refractivity contribution in [1.29, 1.82) is 0 Å². The van der Waals surface area contributed by atoms with E-state index in [-0.39, 0.29) is 6.29 Å². The fraction of sp³-hybridized carbons (Fsp3) is 0.375. The highest BCUT2D eigenvalue weighted by molar-refractivity contribution is 6.20. The van der Waals surface area contributed by atoms with E-state index in [1.165, 1.54) is 0 Å². The summed E-state index contributed by atoms with van der Waals surface area (Å²) in [7, 11) is 0. The van der Waals surface area contributed by atoms with Gasteiger partial charge in [0.25, 0.3) is 0 Å². The van der Waals surface area contributed by atoms with Crippen molar-refractivity contribution in [3.8, 4) is 0 Å². The number of rotatable bonds is 7. The number of esters is 1. The van der Waals surface area contributed by atoms with Gasteiger partial charge in [-0.05, 0) is 0 Å². The molecule has 0 aliphatic rings. The first kappa shape index (κ1) is 14.6. The maximum atomic E-state index is 10.6. The maximum absolute atomic E-state index is 10.6. The number of carbonyl (C=O) groups is 5. The summed E-state index contributed by atoms with van der Waals surface area (Å²) in [6.07, 6.45) is -3.64. The van der Waals surface area contributed by atoms with Gasteiger partial charge in [0, 0.05) is 0 Å². The minimum Gasteiger partial charge on any atom is -0.481 e. The molecule has 0 heterocycles. The van der Waals surface area contributed by atoms with Gasteiger partial charge in [-0.2, -0.15) is 0 Å². The second kappa shape index (κ2) is 6.20. The normalized spacial score (nSPS) is 13.2. The van der Waals surface area contributed by atoms with E-state index in [1.807, 2.05) is 0 Å². The highest BCUT2D eigenvalue weighted by Gasteiger charge is 2.38. The summed E-state index contributed by atoms with van der Waals surface area (Å²) in [5.41, 5.74) is 0. The fourth-order valence-corrected chi connectivity index (χ4v) is 0.970. The number of hydrogen-bond acceptors (Lipinski definition) is 6. The van der Waals surface area contributed by atoms with E-state index in [2.05, 4.69) is 4.74 Å². The van der Waals surface area contributed by atoms with E-state index in [9.17, 15) is 24.0 Å². The third kappa shape index (κ3) is 4.73. The van der Waals surface area contributed by atoms with E-state index < -0.39 is 42.3 Å². The van der Waals surface area contributed by atoms with Crippen LogP contribution in [0.3, 0.4) is 0 Å². The van der Waals surface area contributed by atoms with Gasteiger partial charge in [-0.3, -0.25) is 14.4 Å². The number of aldehydes is 1. The molecular weight excluding hydrogens is 240 g/mol. The molecule has 0 aromatic rings. The molecule has 0 rings (SSSR count). The van der Waals surface area contributed by atoms with Gasteiger partial charge in [0.1, 0.15) is 5.92 Å². The molecular formula is C8H8O9. The molecule has 17 heavy (non-hydrogen) atoms. The molecule has 0 aliphatic carbocycles. The largest absolute Gasteiger partial charge is 0.481 e. The molecule has 0 fully saturated rings. The molecule has 0 aromatic carbocycles. The number of hydrogen-bond donors (Lipinski definition) is 3. The Morgan fingerprint density at radius 2 is 1.59 bits per heavy atom. The van der Waals surface area contributed by atoms with E-state index in [0.29, 0.717) is 0 Å². The predicted octanol–water partition coefficient (Wildman–Crippen LogP) is -1.64. The van der Waals surface area contributed by atoms with Crippen molar-refractivity contribution in [2.24, 2.45) is 5.92 Å². The van der Waals surface area contributed by atoms with Crippen LogP contribution in [0.4, 0.5) is 0 Å². The number of ether oxygens (including phenoxy) is 1. The van der Waals surface area contributed by atoms with Crippen LogP contribution in [0.1, 0.15) is 6.42 Å². The average Bonchev–Trinajstić information content (AvgIpc) is 2.21. The molecule has 0 amide bonds. The molecule has 94 valence electrons. The second-order valence-corrected chi connectivity index (χ2v) is 2.86. The van der Waals surface area contributed by atoms with E-state index in [4.69, 9.17) is 15.3 Å². The van der Waals surface area contributed by atoms with E-state index in [1.54, 1.807) is 0 Å². The van der Waals surface area contributed by atoms with Crippen molar-refractivity contribution >= 4 is 30.2 Å². The Morgan fingerprint density at radius 3 is 1.88 bits per heavy atom. The van der Waals surface area contributed by atoms with Crippen molar-refractivity contribution in [2.45, 2.75) is 12.5 Å². The fourth-order valence-electron chi connectivity index (χ4n) is 0.970. The topological polar surface area (TPSA) is 155 Å². The SMILES string of the molecule is O=CC(=O)OC(C(=O)O)C(CC(=O)O)C(=O)O. The predicted molar refractivity (Wildman–Crippen MR) is 47.0 cm³/mol. The lowest BCUT2D eigenvalue weighted by Crippen LogP contribution is -2.40. The summed E-state index contributed by atoms with van der Waals surface area (Å²) >= 11 is 0. The Kier molecular flexibility index (Phi) is 5.31. The lowest BCUT2D eigenvalue weighted by molar-refractivity contribution is -0.174. The van der Waals surface area contributed by atoms with Crippen LogP contribution >= 0.6 is 0 Å². The summed E-state index contributed by atoms with van der Waals surface area (Å²) in [4.78, 5) is 52.1. The highest BCUT2D eigenvalue weighted by Crippen LogP contribution is 2.14. The van der Waals surface area contributed by atoms with Crippen LogP contribution < -0.4 is 0 Å². The molecule has 0 spiro atoms. The van der Waals surface area contributed by atoms with Gasteiger partial charge in [-0.25, -0.2) is 9.59 Å². The standard InChI is InChI=1S/C8H8O9/c9-2-5(12)17-6(8(15)16)3(7(13)14)1-4(10)11/h2-3,6H,1H2,(H,10,11)(H,13,14)(H,15,16). The lowest BCUT2D eigenvalue weighted by atomic mass is 9.98. The van der Waals surface area contributed by atoms with Crippen LogP contribution in [0.25, 0.3) is 0 Å². The minimum absolute atomic E-state index is 0.352. The molecule has 2 unspecified atom stereocenters. The third-order valence-corrected chi connectivity index (χ3v) is 1.66. The van der Waals surface area contributed by atoms with Gasteiger partial charge < -0.3 is 20.1 Å². The van der Waals surface area contributed by atoms with Crippen molar-refractivity contribution < 1.29 is 44.0 Å². The summed E-state index contributed by atoms with van der Waals surface area (Å²) in [6.45, 7) is 0. The van der Waals surface area contributed by atoms with Gasteiger partial charge in [0.2, 0.25) is 12.4 Å². The summed E-state index contributed by atoms with van der Waals surface area (Å²) < 4.78 is 4.03. The van der Waals surface area contributed by atoms with Crippen LogP contribution in [0, 0.1) is 5.92 Å². The molecule has 0 radical (unpaired) electrons. The Balaban J connectivity index is 5.02. The Hall–Kier alpha value is -2.45. The van der Waals surface area contributed by atoms with Crippen LogP contribution in [-0.4, -0.2) is 51.6 Å². The summed E-state index contributed by atoms with van der Waals surface area (Å²) in [6, 6.07) is 0. The molecule has 0 aliphatic heterocycles. The van der Waals surface area contributed by atoms with Crippen molar-refractivity contribution in [3.05, 3.63) is 0 Å². The number of carbonyl (C=O) groups excluding carboxylic acids is 2. The van der Waals surface area contributed by atoms with E-state index >= 15 is 0 Å². The first-order valence-electron chi connectivity index (χ1n) is 4.12. The number of aliphatic carboxylic acids is 3. The molecule has 0 saturated carbocycles. The summed E-state index contributed by atoms with van der Waals surface area (Å²) in [5, 5.41) is 25.6. The smallest absolute Gasteiger partial charge is 0.372 e. The molecule has 0 aromatic heterocycles. The van der Waals surface area contributed by atoms with Gasteiger partial charge in [-0.15, -0.1) is 0 Å². The van der Waals surface area contributed by atoms with Crippen molar-refractivity contribution in [3.63, 3.8) is 0 Å². The Morgan fingerprint density at radius 1 is 1.06 bits per heavy atom. The first-order valence-corrected chi connectivity index (χ1v) is 4.12. The van der Waals surface area contributed by atoms with Crippen molar-refractivity contribution in [1.82, 2.24) is 0 Å². The molecule has 0 saturated heterocycles. The average molecular weight is 248 g/mol. The quantitative estimate of drug-likeness (QED) is 0.273. The minimum atomic E-state index is -2.23. The van der Waals surface area contributed by atoms with Crippen LogP contribution in [0.15, 0.2) is 0 Å². The zero-order valence-corrected chi connectivity index (χ0v) is 8.23. The zero-order valence-electron chi connectivity index (χ0n) is 8.23. The Labute approximate surface area is 93.6 Å².